The highest BCUT2D eigenvalue weighted by Gasteiger charge is 2.48. The lowest BCUT2D eigenvalue weighted by molar-refractivity contribution is 0.157. The van der Waals surface area contributed by atoms with Gasteiger partial charge in [0, 0.05) is 5.92 Å². The molecule has 0 aromatic carbocycles. The van der Waals surface area contributed by atoms with E-state index in [2.05, 4.69) is 59.8 Å². The molecule has 2 aliphatic carbocycles. The molecule has 0 heteroatoms. The van der Waals surface area contributed by atoms with Gasteiger partial charge in [-0.05, 0) is 35.5 Å². The van der Waals surface area contributed by atoms with Crippen molar-refractivity contribution in [3.8, 4) is 0 Å². The summed E-state index contributed by atoms with van der Waals surface area (Å²) in [5, 5.41) is 0. The van der Waals surface area contributed by atoms with Crippen molar-refractivity contribution in [3.63, 3.8) is 0 Å². The standard InChI is InChI=1S/C17H28/c1-12(2)14-8-7-9-15(14)13-10-16(3,4)17(5,6)11-13/h7-9,12-14H,10-11H2,1-6H3. The highest BCUT2D eigenvalue weighted by molar-refractivity contribution is 5.31. The second kappa shape index (κ2) is 4.00. The minimum Gasteiger partial charge on any atom is -0.0771 e. The first kappa shape index (κ1) is 12.9. The minimum atomic E-state index is 0.475. The lowest BCUT2D eigenvalue weighted by Crippen LogP contribution is -2.25. The molecule has 0 nitrogen and oxygen atoms in total. The summed E-state index contributed by atoms with van der Waals surface area (Å²) in [4.78, 5) is 0. The first-order valence-electron chi connectivity index (χ1n) is 7.13. The van der Waals surface area contributed by atoms with E-state index in [0.29, 0.717) is 16.7 Å². The van der Waals surface area contributed by atoms with Gasteiger partial charge in [0.15, 0.2) is 0 Å². The molecule has 0 aromatic heterocycles. The maximum atomic E-state index is 2.44. The molecule has 2 aliphatic rings. The lowest BCUT2D eigenvalue weighted by Gasteiger charge is -2.34. The SMILES string of the molecule is CC(C)C1C=CC=C1C1CC(C)(C)C(C)(C)C1. The summed E-state index contributed by atoms with van der Waals surface area (Å²) in [5.74, 6) is 2.25. The topological polar surface area (TPSA) is 0 Å². The molecular weight excluding hydrogens is 204 g/mol. The van der Waals surface area contributed by atoms with Gasteiger partial charge in [-0.25, -0.2) is 0 Å². The van der Waals surface area contributed by atoms with E-state index in [-0.39, 0.29) is 0 Å². The Labute approximate surface area is 107 Å². The molecular formula is C17H28. The van der Waals surface area contributed by atoms with Crippen LogP contribution in [0.5, 0.6) is 0 Å². The molecule has 1 saturated carbocycles. The molecule has 1 atom stereocenters. The molecule has 0 aromatic rings. The van der Waals surface area contributed by atoms with Crippen molar-refractivity contribution >= 4 is 0 Å². The van der Waals surface area contributed by atoms with Crippen LogP contribution in [0.3, 0.4) is 0 Å². The van der Waals surface area contributed by atoms with Gasteiger partial charge in [0.2, 0.25) is 0 Å². The van der Waals surface area contributed by atoms with E-state index in [1.54, 1.807) is 5.57 Å². The summed E-state index contributed by atoms with van der Waals surface area (Å²) in [5.41, 5.74) is 2.66. The van der Waals surface area contributed by atoms with Gasteiger partial charge in [0.25, 0.3) is 0 Å². The van der Waals surface area contributed by atoms with E-state index in [1.807, 2.05) is 0 Å². The monoisotopic (exact) mass is 232 g/mol. The largest absolute Gasteiger partial charge is 0.0771 e. The van der Waals surface area contributed by atoms with Crippen LogP contribution in [0, 0.1) is 28.6 Å². The zero-order valence-corrected chi connectivity index (χ0v) is 12.4. The van der Waals surface area contributed by atoms with E-state index in [9.17, 15) is 0 Å². The zero-order chi connectivity index (χ0) is 12.8. The normalized spacial score (nSPS) is 31.2. The third-order valence-corrected chi connectivity index (χ3v) is 5.53. The third-order valence-electron chi connectivity index (χ3n) is 5.53. The smallest absolute Gasteiger partial charge is 0.000878 e. The van der Waals surface area contributed by atoms with E-state index in [4.69, 9.17) is 0 Å². The molecule has 1 unspecified atom stereocenters. The Morgan fingerprint density at radius 3 is 2.06 bits per heavy atom. The maximum absolute atomic E-state index is 2.44. The van der Waals surface area contributed by atoms with Crippen molar-refractivity contribution in [2.24, 2.45) is 28.6 Å². The van der Waals surface area contributed by atoms with Gasteiger partial charge >= 0.3 is 0 Å². The predicted octanol–water partition coefficient (Wildman–Crippen LogP) is 5.22. The second-order valence-electron chi connectivity index (χ2n) is 7.69. The Morgan fingerprint density at radius 1 is 1.06 bits per heavy atom. The molecule has 0 N–H and O–H groups in total. The van der Waals surface area contributed by atoms with Crippen LogP contribution in [-0.4, -0.2) is 0 Å². The maximum Gasteiger partial charge on any atom is 0.000878 e. The molecule has 1 fully saturated rings. The van der Waals surface area contributed by atoms with Crippen LogP contribution in [0.2, 0.25) is 0 Å². The van der Waals surface area contributed by atoms with Crippen molar-refractivity contribution in [2.75, 3.05) is 0 Å². The Kier molecular flexibility index (Phi) is 3.04. The van der Waals surface area contributed by atoms with Crippen molar-refractivity contribution in [1.29, 1.82) is 0 Å². The molecule has 17 heavy (non-hydrogen) atoms. The number of allylic oxidation sites excluding steroid dienone is 4. The predicted molar refractivity (Wildman–Crippen MR) is 75.8 cm³/mol. The Morgan fingerprint density at radius 2 is 1.59 bits per heavy atom. The summed E-state index contributed by atoms with van der Waals surface area (Å²) >= 11 is 0. The Balaban J connectivity index is 2.17. The van der Waals surface area contributed by atoms with Crippen molar-refractivity contribution in [2.45, 2.75) is 54.4 Å². The Bertz CT molecular complexity index is 336. The van der Waals surface area contributed by atoms with Crippen LogP contribution >= 0.6 is 0 Å². The summed E-state index contributed by atoms with van der Waals surface area (Å²) in [7, 11) is 0. The fourth-order valence-electron chi connectivity index (χ4n) is 3.62. The Hall–Kier alpha value is -0.520. The van der Waals surface area contributed by atoms with Gasteiger partial charge < -0.3 is 0 Å². The molecule has 0 radical (unpaired) electrons. The molecule has 0 spiro atoms. The average Bonchev–Trinajstić information content (AvgIpc) is 2.69. The second-order valence-corrected chi connectivity index (χ2v) is 7.69. The number of hydrogen-bond acceptors (Lipinski definition) is 0. The van der Waals surface area contributed by atoms with Crippen molar-refractivity contribution in [3.05, 3.63) is 23.8 Å². The van der Waals surface area contributed by atoms with Crippen LogP contribution in [0.4, 0.5) is 0 Å². The van der Waals surface area contributed by atoms with E-state index in [0.717, 1.165) is 11.8 Å². The fraction of sp³-hybridized carbons (Fsp3) is 0.765. The molecule has 0 heterocycles. The zero-order valence-electron chi connectivity index (χ0n) is 12.4. The molecule has 96 valence electrons. The van der Waals surface area contributed by atoms with Gasteiger partial charge in [0.05, 0.1) is 0 Å². The van der Waals surface area contributed by atoms with Crippen molar-refractivity contribution < 1.29 is 0 Å². The van der Waals surface area contributed by atoms with Gasteiger partial charge in [-0.1, -0.05) is 65.3 Å². The van der Waals surface area contributed by atoms with Gasteiger partial charge in [0.1, 0.15) is 0 Å². The van der Waals surface area contributed by atoms with E-state index < -0.39 is 0 Å². The number of rotatable bonds is 2. The lowest BCUT2D eigenvalue weighted by atomic mass is 9.71. The van der Waals surface area contributed by atoms with Crippen molar-refractivity contribution in [1.82, 2.24) is 0 Å². The highest BCUT2D eigenvalue weighted by Crippen LogP contribution is 2.57. The fourth-order valence-corrected chi connectivity index (χ4v) is 3.62. The summed E-state index contributed by atoms with van der Waals surface area (Å²) in [6.07, 6.45) is 9.79. The van der Waals surface area contributed by atoms with Gasteiger partial charge in [-0.15, -0.1) is 0 Å². The summed E-state index contributed by atoms with van der Waals surface area (Å²) in [6.45, 7) is 14.5. The van der Waals surface area contributed by atoms with Crippen LogP contribution in [0.25, 0.3) is 0 Å². The molecule has 0 saturated heterocycles. The van der Waals surface area contributed by atoms with Crippen LogP contribution in [-0.2, 0) is 0 Å². The van der Waals surface area contributed by atoms with Crippen LogP contribution < -0.4 is 0 Å². The van der Waals surface area contributed by atoms with Gasteiger partial charge in [-0.3, -0.25) is 0 Å². The first-order valence-corrected chi connectivity index (χ1v) is 7.13. The summed E-state index contributed by atoms with van der Waals surface area (Å²) < 4.78 is 0. The van der Waals surface area contributed by atoms with Gasteiger partial charge in [-0.2, -0.15) is 0 Å². The molecule has 0 bridgehead atoms. The quantitative estimate of drug-likeness (QED) is 0.612. The molecule has 0 amide bonds. The van der Waals surface area contributed by atoms with E-state index in [1.165, 1.54) is 12.8 Å². The van der Waals surface area contributed by atoms with Crippen LogP contribution in [0.1, 0.15) is 54.4 Å². The van der Waals surface area contributed by atoms with E-state index >= 15 is 0 Å². The molecule has 0 aliphatic heterocycles. The highest BCUT2D eigenvalue weighted by atomic mass is 14.5. The van der Waals surface area contributed by atoms with Crippen LogP contribution in [0.15, 0.2) is 23.8 Å². The minimum absolute atomic E-state index is 0.475. The summed E-state index contributed by atoms with van der Waals surface area (Å²) in [6, 6.07) is 0. The first-order chi connectivity index (χ1) is 7.74. The third kappa shape index (κ3) is 2.11. The average molecular weight is 232 g/mol. The number of hydrogen-bond donors (Lipinski definition) is 0. The molecule has 2 rings (SSSR count).